The number of carbonyl (C=O) groups excluding carboxylic acids is 1. The van der Waals surface area contributed by atoms with Crippen LogP contribution in [0.25, 0.3) is 5.69 Å². The number of aromatic nitrogens is 2. The fourth-order valence-electron chi connectivity index (χ4n) is 2.46. The smallest absolute Gasteiger partial charge is 0.287 e. The molecule has 0 fully saturated rings. The van der Waals surface area contributed by atoms with Crippen molar-refractivity contribution in [3.8, 4) is 11.4 Å². The van der Waals surface area contributed by atoms with Crippen molar-refractivity contribution >= 4 is 23.4 Å². The number of rotatable bonds is 6. The molecule has 28 heavy (non-hydrogen) atoms. The van der Waals surface area contributed by atoms with Crippen LogP contribution in [0.4, 0.5) is 10.1 Å². The molecule has 1 N–H and O–H groups in total. The molecule has 0 radical (unpaired) electrons. The molecule has 0 saturated heterocycles. The van der Waals surface area contributed by atoms with Crippen molar-refractivity contribution in [2.75, 3.05) is 18.2 Å². The van der Waals surface area contributed by atoms with Crippen LogP contribution in [0.1, 0.15) is 5.56 Å². The van der Waals surface area contributed by atoms with Gasteiger partial charge in [-0.2, -0.15) is 0 Å². The predicted molar refractivity (Wildman–Crippen MR) is 107 cm³/mol. The summed E-state index contributed by atoms with van der Waals surface area (Å²) in [6, 6.07) is 11.5. The standard InChI is InChI=1S/C20H18FN3O3S/c1-13-6-7-15(11-17(13)21)24-9-8-22-19(20(24)26)28-12-18(25)23-14-4-3-5-16(10-14)27-2/h3-11H,12H2,1-2H3,(H,23,25). The summed E-state index contributed by atoms with van der Waals surface area (Å²) in [5.41, 5.74) is 1.08. The minimum atomic E-state index is -0.412. The summed E-state index contributed by atoms with van der Waals surface area (Å²) in [6.07, 6.45) is 2.91. The number of carbonyl (C=O) groups is 1. The van der Waals surface area contributed by atoms with Crippen LogP contribution >= 0.6 is 11.8 Å². The number of anilines is 1. The highest BCUT2D eigenvalue weighted by molar-refractivity contribution is 7.99. The summed E-state index contributed by atoms with van der Waals surface area (Å²) in [5, 5.41) is 2.90. The van der Waals surface area contributed by atoms with Crippen LogP contribution in [-0.4, -0.2) is 28.3 Å². The molecule has 1 aromatic heterocycles. The van der Waals surface area contributed by atoms with Gasteiger partial charge in [-0.25, -0.2) is 9.37 Å². The first-order valence-corrected chi connectivity index (χ1v) is 9.37. The first kappa shape index (κ1) is 19.6. The third-order valence-electron chi connectivity index (χ3n) is 3.94. The van der Waals surface area contributed by atoms with E-state index in [1.165, 1.54) is 23.0 Å². The molecule has 144 valence electrons. The van der Waals surface area contributed by atoms with E-state index in [0.29, 0.717) is 22.7 Å². The third-order valence-corrected chi connectivity index (χ3v) is 4.90. The molecule has 0 bridgehead atoms. The Labute approximate surface area is 165 Å². The molecule has 3 aromatic rings. The van der Waals surface area contributed by atoms with Gasteiger partial charge in [0.15, 0.2) is 5.03 Å². The zero-order chi connectivity index (χ0) is 20.1. The van der Waals surface area contributed by atoms with Crippen LogP contribution in [-0.2, 0) is 4.79 Å². The number of ether oxygens (including phenoxy) is 1. The Morgan fingerprint density at radius 1 is 1.29 bits per heavy atom. The van der Waals surface area contributed by atoms with Crippen LogP contribution in [0, 0.1) is 12.7 Å². The van der Waals surface area contributed by atoms with E-state index in [2.05, 4.69) is 10.3 Å². The summed E-state index contributed by atoms with van der Waals surface area (Å²) < 4.78 is 20.2. The predicted octanol–water partition coefficient (Wildman–Crippen LogP) is 3.42. The lowest BCUT2D eigenvalue weighted by Gasteiger charge is -2.09. The van der Waals surface area contributed by atoms with E-state index >= 15 is 0 Å². The molecule has 0 aliphatic rings. The summed E-state index contributed by atoms with van der Waals surface area (Å²) in [4.78, 5) is 28.9. The molecular weight excluding hydrogens is 381 g/mol. The number of halogens is 1. The van der Waals surface area contributed by atoms with Gasteiger partial charge in [0.1, 0.15) is 11.6 Å². The summed E-state index contributed by atoms with van der Waals surface area (Å²) in [5.74, 6) is -0.0427. The van der Waals surface area contributed by atoms with Crippen LogP contribution in [0.3, 0.4) is 0 Å². The number of methoxy groups -OCH3 is 1. The SMILES string of the molecule is COc1cccc(NC(=O)CSc2nccn(-c3ccc(C)c(F)c3)c2=O)c1. The molecule has 2 aromatic carbocycles. The van der Waals surface area contributed by atoms with Crippen molar-refractivity contribution in [3.05, 3.63) is 76.6 Å². The monoisotopic (exact) mass is 399 g/mol. The quantitative estimate of drug-likeness (QED) is 0.643. The maximum absolute atomic E-state index is 13.8. The van der Waals surface area contributed by atoms with E-state index in [9.17, 15) is 14.0 Å². The Bertz CT molecular complexity index is 1070. The molecular formula is C20H18FN3O3S. The molecule has 0 saturated carbocycles. The second-order valence-electron chi connectivity index (χ2n) is 5.91. The molecule has 0 aliphatic heterocycles. The van der Waals surface area contributed by atoms with Crippen molar-refractivity contribution in [1.29, 1.82) is 0 Å². The van der Waals surface area contributed by atoms with Crippen molar-refractivity contribution in [2.24, 2.45) is 0 Å². The molecule has 6 nitrogen and oxygen atoms in total. The lowest BCUT2D eigenvalue weighted by molar-refractivity contribution is -0.113. The number of hydrogen-bond donors (Lipinski definition) is 1. The molecule has 0 aliphatic carbocycles. The Kier molecular flexibility index (Phi) is 6.10. The summed E-state index contributed by atoms with van der Waals surface area (Å²) in [6.45, 7) is 1.65. The normalized spacial score (nSPS) is 10.5. The first-order chi connectivity index (χ1) is 13.5. The summed E-state index contributed by atoms with van der Waals surface area (Å²) >= 11 is 1.02. The van der Waals surface area contributed by atoms with E-state index in [1.807, 2.05) is 0 Å². The van der Waals surface area contributed by atoms with Crippen molar-refractivity contribution in [3.63, 3.8) is 0 Å². The van der Waals surface area contributed by atoms with Crippen molar-refractivity contribution < 1.29 is 13.9 Å². The molecule has 8 heteroatoms. The van der Waals surface area contributed by atoms with Gasteiger partial charge >= 0.3 is 0 Å². The number of benzene rings is 2. The van der Waals surface area contributed by atoms with Gasteiger partial charge in [0.25, 0.3) is 5.56 Å². The molecule has 1 amide bonds. The van der Waals surface area contributed by atoms with Crippen LogP contribution in [0.5, 0.6) is 5.75 Å². The first-order valence-electron chi connectivity index (χ1n) is 8.39. The highest BCUT2D eigenvalue weighted by Gasteiger charge is 2.11. The minimum Gasteiger partial charge on any atom is -0.497 e. The van der Waals surface area contributed by atoms with E-state index in [4.69, 9.17) is 4.74 Å². The fourth-order valence-corrected chi connectivity index (χ4v) is 3.16. The number of nitrogens with one attached hydrogen (secondary N) is 1. The largest absolute Gasteiger partial charge is 0.497 e. The number of aryl methyl sites for hydroxylation is 1. The molecule has 0 atom stereocenters. The van der Waals surface area contributed by atoms with Crippen molar-refractivity contribution in [2.45, 2.75) is 11.9 Å². The lowest BCUT2D eigenvalue weighted by atomic mass is 10.2. The van der Waals surface area contributed by atoms with E-state index in [-0.39, 0.29) is 16.7 Å². The third kappa shape index (κ3) is 4.58. The molecule has 0 unspecified atom stereocenters. The van der Waals surface area contributed by atoms with E-state index in [0.717, 1.165) is 11.8 Å². The highest BCUT2D eigenvalue weighted by Crippen LogP contribution is 2.18. The second kappa shape index (κ2) is 8.71. The van der Waals surface area contributed by atoms with Gasteiger partial charge in [-0.3, -0.25) is 14.2 Å². The van der Waals surface area contributed by atoms with E-state index in [1.54, 1.807) is 50.4 Å². The van der Waals surface area contributed by atoms with Crippen LogP contribution < -0.4 is 15.6 Å². The lowest BCUT2D eigenvalue weighted by Crippen LogP contribution is -2.22. The van der Waals surface area contributed by atoms with Crippen LogP contribution in [0.2, 0.25) is 0 Å². The Balaban J connectivity index is 1.71. The maximum atomic E-state index is 13.8. The number of nitrogens with zero attached hydrogens (tertiary/aromatic N) is 2. The number of amides is 1. The van der Waals surface area contributed by atoms with Gasteiger partial charge in [0.05, 0.1) is 18.6 Å². The Morgan fingerprint density at radius 3 is 2.86 bits per heavy atom. The van der Waals surface area contributed by atoms with Gasteiger partial charge in [-0.1, -0.05) is 23.9 Å². The topological polar surface area (TPSA) is 73.2 Å². The number of hydrogen-bond acceptors (Lipinski definition) is 5. The number of thioether (sulfide) groups is 1. The fraction of sp³-hybridized carbons (Fsp3) is 0.150. The Morgan fingerprint density at radius 2 is 2.11 bits per heavy atom. The average Bonchev–Trinajstić information content (AvgIpc) is 2.69. The van der Waals surface area contributed by atoms with Crippen molar-refractivity contribution in [1.82, 2.24) is 9.55 Å². The maximum Gasteiger partial charge on any atom is 0.287 e. The van der Waals surface area contributed by atoms with Gasteiger partial charge in [0, 0.05) is 24.1 Å². The zero-order valence-electron chi connectivity index (χ0n) is 15.3. The van der Waals surface area contributed by atoms with Crippen LogP contribution in [0.15, 0.2) is 64.7 Å². The highest BCUT2D eigenvalue weighted by atomic mass is 32.2. The van der Waals surface area contributed by atoms with Gasteiger partial charge < -0.3 is 10.1 Å². The minimum absolute atomic E-state index is 0.00568. The Hall–Kier alpha value is -3.13. The zero-order valence-corrected chi connectivity index (χ0v) is 16.1. The summed E-state index contributed by atoms with van der Waals surface area (Å²) in [7, 11) is 1.54. The molecule has 0 spiro atoms. The second-order valence-corrected chi connectivity index (χ2v) is 6.87. The molecule has 1 heterocycles. The van der Waals surface area contributed by atoms with Gasteiger partial charge in [-0.05, 0) is 36.8 Å². The van der Waals surface area contributed by atoms with Gasteiger partial charge in [0.2, 0.25) is 5.91 Å². The van der Waals surface area contributed by atoms with E-state index < -0.39 is 11.4 Å². The molecule has 3 rings (SSSR count). The average molecular weight is 399 g/mol. The van der Waals surface area contributed by atoms with Gasteiger partial charge in [-0.15, -0.1) is 0 Å².